The van der Waals surface area contributed by atoms with Gasteiger partial charge in [0.2, 0.25) is 0 Å². The predicted molar refractivity (Wildman–Crippen MR) is 160 cm³/mol. The van der Waals surface area contributed by atoms with Crippen molar-refractivity contribution in [3.05, 3.63) is 96.7 Å². The maximum atomic E-state index is 14.3. The van der Waals surface area contributed by atoms with E-state index < -0.39 is 12.0 Å². The largest absolute Gasteiger partial charge is 0.497 e. The van der Waals surface area contributed by atoms with Crippen molar-refractivity contribution in [2.45, 2.75) is 32.7 Å². The summed E-state index contributed by atoms with van der Waals surface area (Å²) in [6, 6.07) is 16.4. The van der Waals surface area contributed by atoms with Crippen LogP contribution >= 0.6 is 11.3 Å². The Morgan fingerprint density at radius 2 is 1.76 bits per heavy atom. The van der Waals surface area contributed by atoms with Gasteiger partial charge < -0.3 is 18.9 Å². The van der Waals surface area contributed by atoms with Crippen LogP contribution in [0, 0.1) is 0 Å². The first-order valence-electron chi connectivity index (χ1n) is 13.4. The zero-order valence-corrected chi connectivity index (χ0v) is 24.5. The first kappa shape index (κ1) is 28.2. The zero-order chi connectivity index (χ0) is 29.1. The molecule has 3 aromatic carbocycles. The smallest absolute Gasteiger partial charge is 0.338 e. The van der Waals surface area contributed by atoms with Gasteiger partial charge in [0.05, 0.1) is 43.7 Å². The fourth-order valence-electron chi connectivity index (χ4n) is 5.20. The fraction of sp³-hybridized carbons (Fsp3) is 0.281. The van der Waals surface area contributed by atoms with Gasteiger partial charge in [-0.3, -0.25) is 9.36 Å². The quantitative estimate of drug-likeness (QED) is 0.269. The number of ether oxygens (including phenoxy) is 4. The predicted octanol–water partition coefficient (Wildman–Crippen LogP) is 4.76. The Labute approximate surface area is 241 Å². The number of benzene rings is 3. The van der Waals surface area contributed by atoms with E-state index in [1.54, 1.807) is 51.0 Å². The Morgan fingerprint density at radius 1 is 1.00 bits per heavy atom. The van der Waals surface area contributed by atoms with Gasteiger partial charge in [-0.2, -0.15) is 0 Å². The molecule has 1 atom stereocenters. The molecule has 1 aliphatic heterocycles. The van der Waals surface area contributed by atoms with E-state index in [0.29, 0.717) is 49.8 Å². The van der Waals surface area contributed by atoms with E-state index in [4.69, 9.17) is 23.9 Å². The summed E-state index contributed by atoms with van der Waals surface area (Å²) in [5.41, 5.74) is 2.04. The highest BCUT2D eigenvalue weighted by Crippen LogP contribution is 2.39. The molecule has 0 saturated heterocycles. The molecule has 41 heavy (non-hydrogen) atoms. The summed E-state index contributed by atoms with van der Waals surface area (Å²) in [7, 11) is 4.74. The molecule has 5 rings (SSSR count). The van der Waals surface area contributed by atoms with Gasteiger partial charge in [-0.25, -0.2) is 9.79 Å². The molecule has 0 spiro atoms. The van der Waals surface area contributed by atoms with E-state index in [1.807, 2.05) is 49.4 Å². The molecule has 8 nitrogen and oxygen atoms in total. The van der Waals surface area contributed by atoms with Crippen LogP contribution in [0.1, 0.15) is 43.9 Å². The van der Waals surface area contributed by atoms with Crippen LogP contribution in [0.3, 0.4) is 0 Å². The summed E-state index contributed by atoms with van der Waals surface area (Å²) in [4.78, 5) is 33.1. The van der Waals surface area contributed by atoms with Crippen LogP contribution in [-0.4, -0.2) is 38.5 Å². The molecule has 0 N–H and O–H groups in total. The Morgan fingerprint density at radius 3 is 2.46 bits per heavy atom. The first-order valence-corrected chi connectivity index (χ1v) is 14.3. The maximum absolute atomic E-state index is 14.3. The highest BCUT2D eigenvalue weighted by Gasteiger charge is 2.36. The number of carbonyl (C=O) groups is 1. The number of thiazole rings is 1. The molecule has 1 aliphatic rings. The van der Waals surface area contributed by atoms with Crippen molar-refractivity contribution in [3.8, 4) is 17.2 Å². The van der Waals surface area contributed by atoms with Crippen LogP contribution in [0.2, 0.25) is 0 Å². The lowest BCUT2D eigenvalue weighted by molar-refractivity contribution is -0.139. The van der Waals surface area contributed by atoms with Crippen molar-refractivity contribution in [1.82, 2.24) is 4.57 Å². The van der Waals surface area contributed by atoms with Crippen molar-refractivity contribution in [2.75, 3.05) is 27.9 Å². The van der Waals surface area contributed by atoms with E-state index in [1.165, 1.54) is 11.3 Å². The van der Waals surface area contributed by atoms with Crippen LogP contribution in [-0.2, 0) is 9.53 Å². The summed E-state index contributed by atoms with van der Waals surface area (Å²) < 4.78 is 24.5. The number of hydrogen-bond acceptors (Lipinski definition) is 8. The number of allylic oxidation sites excluding steroid dienone is 1. The molecule has 0 amide bonds. The van der Waals surface area contributed by atoms with Gasteiger partial charge in [0, 0.05) is 11.1 Å². The van der Waals surface area contributed by atoms with E-state index in [2.05, 4.69) is 0 Å². The molecule has 1 aromatic heterocycles. The minimum atomic E-state index is -0.825. The zero-order valence-electron chi connectivity index (χ0n) is 23.7. The number of carbonyl (C=O) groups excluding carboxylic acids is 1. The van der Waals surface area contributed by atoms with Crippen LogP contribution in [0.5, 0.6) is 17.2 Å². The second-order valence-electron chi connectivity index (χ2n) is 9.42. The Kier molecular flexibility index (Phi) is 8.26. The highest BCUT2D eigenvalue weighted by atomic mass is 32.1. The first-order chi connectivity index (χ1) is 19.9. The molecule has 4 aromatic rings. The number of rotatable bonds is 9. The van der Waals surface area contributed by atoms with Gasteiger partial charge in [-0.15, -0.1) is 0 Å². The average Bonchev–Trinajstić information content (AvgIpc) is 3.30. The molecule has 212 valence electrons. The summed E-state index contributed by atoms with van der Waals surface area (Å²) in [5, 5.41) is 1.99. The number of hydrogen-bond donors (Lipinski definition) is 0. The van der Waals surface area contributed by atoms with Gasteiger partial charge in [0.15, 0.2) is 4.80 Å². The third-order valence-corrected chi connectivity index (χ3v) is 8.03. The lowest BCUT2D eigenvalue weighted by Gasteiger charge is -2.27. The standard InChI is InChI=1S/C32H32N2O6S/c1-6-10-24-28(31(36)40-7-2)29(23-17-20(37-3)14-16-26(23)39-5)34-30(35)27(41-32(34)33-24)18-22-21-12-9-8-11-19(21)13-15-25(22)38-4/h8-9,11-18,29H,6-7,10H2,1-5H3/b27-18+/t29-/m0/s1. The molecule has 0 radical (unpaired) electrons. The van der Waals surface area contributed by atoms with Gasteiger partial charge in [-0.05, 0) is 54.5 Å². The Hall–Kier alpha value is -4.37. The van der Waals surface area contributed by atoms with Crippen molar-refractivity contribution < 1.29 is 23.7 Å². The Bertz CT molecular complexity index is 1840. The Balaban J connectivity index is 1.85. The maximum Gasteiger partial charge on any atom is 0.338 e. The molecule has 0 bridgehead atoms. The van der Waals surface area contributed by atoms with Gasteiger partial charge in [-0.1, -0.05) is 55.0 Å². The van der Waals surface area contributed by atoms with E-state index >= 15 is 0 Å². The third-order valence-electron chi connectivity index (χ3n) is 7.05. The van der Waals surface area contributed by atoms with Crippen molar-refractivity contribution in [2.24, 2.45) is 4.99 Å². The average molecular weight is 573 g/mol. The van der Waals surface area contributed by atoms with Gasteiger partial charge in [0.1, 0.15) is 23.3 Å². The van der Waals surface area contributed by atoms with Crippen LogP contribution in [0.25, 0.3) is 16.8 Å². The van der Waals surface area contributed by atoms with Crippen LogP contribution in [0.15, 0.2) is 75.7 Å². The number of aromatic nitrogens is 1. The van der Waals surface area contributed by atoms with Gasteiger partial charge >= 0.3 is 5.97 Å². The molecule has 0 unspecified atom stereocenters. The molecular formula is C32H32N2O6S. The van der Waals surface area contributed by atoms with Crippen molar-refractivity contribution >= 4 is 34.2 Å². The van der Waals surface area contributed by atoms with E-state index in [0.717, 1.165) is 22.8 Å². The van der Waals surface area contributed by atoms with Crippen LogP contribution < -0.4 is 29.1 Å². The van der Waals surface area contributed by atoms with E-state index in [9.17, 15) is 9.59 Å². The monoisotopic (exact) mass is 572 g/mol. The number of esters is 1. The van der Waals surface area contributed by atoms with Gasteiger partial charge in [0.25, 0.3) is 5.56 Å². The second kappa shape index (κ2) is 12.0. The lowest BCUT2D eigenvalue weighted by atomic mass is 9.93. The summed E-state index contributed by atoms with van der Waals surface area (Å²) in [5.74, 6) is 1.22. The highest BCUT2D eigenvalue weighted by molar-refractivity contribution is 7.07. The fourth-order valence-corrected chi connectivity index (χ4v) is 6.20. The van der Waals surface area contributed by atoms with Crippen molar-refractivity contribution in [3.63, 3.8) is 0 Å². The summed E-state index contributed by atoms with van der Waals surface area (Å²) >= 11 is 1.28. The normalized spacial score (nSPS) is 15.0. The molecule has 0 fully saturated rings. The number of fused-ring (bicyclic) bond motifs is 2. The topological polar surface area (TPSA) is 88.4 Å². The van der Waals surface area contributed by atoms with Crippen molar-refractivity contribution in [1.29, 1.82) is 0 Å². The summed E-state index contributed by atoms with van der Waals surface area (Å²) in [6.07, 6.45) is 3.14. The third kappa shape index (κ3) is 5.13. The second-order valence-corrected chi connectivity index (χ2v) is 10.4. The number of nitrogens with zero attached hydrogens (tertiary/aromatic N) is 2. The molecule has 0 aliphatic carbocycles. The van der Waals surface area contributed by atoms with Crippen LogP contribution in [0.4, 0.5) is 0 Å². The minimum absolute atomic E-state index is 0.189. The molecule has 0 saturated carbocycles. The molecular weight excluding hydrogens is 540 g/mol. The lowest BCUT2D eigenvalue weighted by Crippen LogP contribution is -2.40. The summed E-state index contributed by atoms with van der Waals surface area (Å²) in [6.45, 7) is 3.97. The van der Waals surface area contributed by atoms with E-state index in [-0.39, 0.29) is 12.2 Å². The SMILES string of the molecule is CCCC1=C(C(=O)OCC)[C@H](c2cc(OC)ccc2OC)n2c(s/c(=C/c3c(OC)ccc4ccccc34)c2=O)=N1. The molecule has 9 heteroatoms. The molecule has 2 heterocycles. The minimum Gasteiger partial charge on any atom is -0.497 e. The number of methoxy groups -OCH3 is 3.